The maximum atomic E-state index is 12.5. The predicted molar refractivity (Wildman–Crippen MR) is 297 cm³/mol. The number of unbranched alkanes of at least 4 members (excludes halogenated alkanes) is 48. The third-order valence-corrected chi connectivity index (χ3v) is 14.9. The quantitative estimate of drug-likeness (QED) is 0.0417. The van der Waals surface area contributed by atoms with E-state index in [9.17, 15) is 19.8 Å². The molecule has 6 heteroatoms. The molecule has 6 nitrogen and oxygen atoms in total. The molecule has 406 valence electrons. The fraction of sp³-hybridized carbons (Fsp3) is 0.968. The minimum atomic E-state index is -0.679. The predicted octanol–water partition coefficient (Wildman–Crippen LogP) is 19.5. The molecule has 0 spiro atoms. The van der Waals surface area contributed by atoms with Gasteiger partial charge in [0.15, 0.2) is 0 Å². The van der Waals surface area contributed by atoms with Crippen LogP contribution in [0.1, 0.15) is 361 Å². The third kappa shape index (κ3) is 54.2. The number of aliphatic hydroxyl groups excluding tert-OH is 2. The fourth-order valence-electron chi connectivity index (χ4n) is 10.1. The molecule has 0 bridgehead atoms. The molecule has 0 heterocycles. The van der Waals surface area contributed by atoms with Crippen LogP contribution < -0.4 is 5.32 Å². The Hall–Kier alpha value is -1.14. The molecule has 0 radical (unpaired) electrons. The Balaban J connectivity index is 3.43. The summed E-state index contributed by atoms with van der Waals surface area (Å²) in [5, 5.41) is 23.4. The lowest BCUT2D eigenvalue weighted by Crippen LogP contribution is -2.45. The summed E-state index contributed by atoms with van der Waals surface area (Å²) >= 11 is 0. The van der Waals surface area contributed by atoms with Crippen LogP contribution in [-0.2, 0) is 14.3 Å². The second-order valence-corrected chi connectivity index (χ2v) is 21.8. The van der Waals surface area contributed by atoms with Crippen LogP contribution in [0.25, 0.3) is 0 Å². The number of carbonyl (C=O) groups excluding carboxylic acids is 2. The normalized spacial score (nSPS) is 12.5. The monoisotopic (exact) mass is 962 g/mol. The van der Waals surface area contributed by atoms with Crippen molar-refractivity contribution in [1.82, 2.24) is 5.32 Å². The van der Waals surface area contributed by atoms with Crippen LogP contribution in [0.3, 0.4) is 0 Å². The van der Waals surface area contributed by atoms with Crippen LogP contribution in [0.4, 0.5) is 0 Å². The SMILES string of the molecule is CCCCCCCCCCCCCCCCCCCCCCCCC(O)C(CO)NC(=O)CCCCCCCCCCCCOC(=O)CCCCCCCCCCCCCCCCCCCCC. The van der Waals surface area contributed by atoms with Crippen molar-refractivity contribution in [2.45, 2.75) is 373 Å². The molecule has 0 aliphatic rings. The standard InChI is InChI=1S/C62H123NO5/c1-3-5-7-9-11-13-15-17-19-21-23-24-25-27-28-30-32-34-38-42-46-50-54-60(65)59(58-64)63-61(66)55-51-47-43-39-36-37-41-45-49-53-57-68-62(67)56-52-48-44-40-35-33-31-29-26-22-20-18-16-14-12-10-8-6-4-2/h59-60,64-65H,3-58H2,1-2H3,(H,63,66). The van der Waals surface area contributed by atoms with Gasteiger partial charge in [0.25, 0.3) is 0 Å². The van der Waals surface area contributed by atoms with Gasteiger partial charge in [0.2, 0.25) is 5.91 Å². The van der Waals surface area contributed by atoms with Crippen molar-refractivity contribution >= 4 is 11.9 Å². The van der Waals surface area contributed by atoms with Crippen LogP contribution >= 0.6 is 0 Å². The highest BCUT2D eigenvalue weighted by molar-refractivity contribution is 5.76. The van der Waals surface area contributed by atoms with Gasteiger partial charge in [0.05, 0.1) is 25.4 Å². The van der Waals surface area contributed by atoms with E-state index in [1.165, 1.54) is 270 Å². The summed E-state index contributed by atoms with van der Waals surface area (Å²) in [6.45, 7) is 4.95. The van der Waals surface area contributed by atoms with Gasteiger partial charge in [-0.1, -0.05) is 322 Å². The Kier molecular flexibility index (Phi) is 57.5. The highest BCUT2D eigenvalue weighted by Crippen LogP contribution is 2.19. The summed E-state index contributed by atoms with van der Waals surface area (Å²) in [6.07, 6.45) is 68.2. The number of carbonyl (C=O) groups is 2. The van der Waals surface area contributed by atoms with E-state index in [2.05, 4.69) is 19.2 Å². The molecule has 0 aliphatic carbocycles. The van der Waals surface area contributed by atoms with Gasteiger partial charge in [-0.15, -0.1) is 0 Å². The maximum absolute atomic E-state index is 12.5. The van der Waals surface area contributed by atoms with E-state index in [4.69, 9.17) is 4.74 Å². The van der Waals surface area contributed by atoms with Crippen molar-refractivity contribution in [2.75, 3.05) is 13.2 Å². The van der Waals surface area contributed by atoms with E-state index in [1.54, 1.807) is 0 Å². The molecule has 2 unspecified atom stereocenters. The minimum absolute atomic E-state index is 0.0122. The molecule has 0 aromatic rings. The summed E-state index contributed by atoms with van der Waals surface area (Å²) < 4.78 is 5.49. The fourth-order valence-corrected chi connectivity index (χ4v) is 10.1. The van der Waals surface area contributed by atoms with E-state index in [0.29, 0.717) is 25.9 Å². The number of nitrogens with one attached hydrogen (secondary N) is 1. The summed E-state index contributed by atoms with van der Waals surface area (Å²) in [5.74, 6) is -0.0644. The average molecular weight is 963 g/mol. The number of hydrogen-bond donors (Lipinski definition) is 3. The topological polar surface area (TPSA) is 95.9 Å². The molecule has 0 fully saturated rings. The van der Waals surface area contributed by atoms with Gasteiger partial charge < -0.3 is 20.3 Å². The van der Waals surface area contributed by atoms with Crippen molar-refractivity contribution in [3.8, 4) is 0 Å². The Morgan fingerprint density at radius 3 is 0.897 bits per heavy atom. The molecular formula is C62H123NO5. The molecule has 0 saturated heterocycles. The molecule has 0 aliphatic heterocycles. The number of aliphatic hydroxyl groups is 2. The third-order valence-electron chi connectivity index (χ3n) is 14.9. The van der Waals surface area contributed by atoms with Crippen LogP contribution in [0.5, 0.6) is 0 Å². The van der Waals surface area contributed by atoms with Crippen LogP contribution in [0.15, 0.2) is 0 Å². The van der Waals surface area contributed by atoms with Crippen LogP contribution in [-0.4, -0.2) is 47.4 Å². The number of hydrogen-bond acceptors (Lipinski definition) is 5. The van der Waals surface area contributed by atoms with E-state index < -0.39 is 12.1 Å². The van der Waals surface area contributed by atoms with Gasteiger partial charge in [0.1, 0.15) is 0 Å². The van der Waals surface area contributed by atoms with Crippen molar-refractivity contribution in [3.63, 3.8) is 0 Å². The average Bonchev–Trinajstić information content (AvgIpc) is 3.34. The summed E-state index contributed by atoms with van der Waals surface area (Å²) in [7, 11) is 0. The van der Waals surface area contributed by atoms with E-state index in [-0.39, 0.29) is 18.5 Å². The van der Waals surface area contributed by atoms with Gasteiger partial charge >= 0.3 is 5.97 Å². The first kappa shape index (κ1) is 66.9. The second-order valence-electron chi connectivity index (χ2n) is 21.8. The number of amides is 1. The molecule has 2 atom stereocenters. The van der Waals surface area contributed by atoms with Crippen LogP contribution in [0, 0.1) is 0 Å². The van der Waals surface area contributed by atoms with Gasteiger partial charge in [-0.2, -0.15) is 0 Å². The maximum Gasteiger partial charge on any atom is 0.305 e. The molecule has 3 N–H and O–H groups in total. The van der Waals surface area contributed by atoms with Crippen molar-refractivity contribution in [2.24, 2.45) is 0 Å². The van der Waals surface area contributed by atoms with E-state index >= 15 is 0 Å². The Morgan fingerprint density at radius 2 is 0.603 bits per heavy atom. The first-order chi connectivity index (χ1) is 33.5. The molecule has 0 aromatic carbocycles. The first-order valence-electron chi connectivity index (χ1n) is 31.3. The summed E-state index contributed by atoms with van der Waals surface area (Å²) in [4.78, 5) is 24.6. The zero-order chi connectivity index (χ0) is 49.3. The van der Waals surface area contributed by atoms with Crippen molar-refractivity contribution in [3.05, 3.63) is 0 Å². The van der Waals surface area contributed by atoms with E-state index in [0.717, 1.165) is 57.8 Å². The molecule has 0 saturated carbocycles. The zero-order valence-corrected chi connectivity index (χ0v) is 46.4. The number of rotatable bonds is 59. The van der Waals surface area contributed by atoms with Crippen molar-refractivity contribution in [1.29, 1.82) is 0 Å². The number of esters is 1. The van der Waals surface area contributed by atoms with Crippen LogP contribution in [0.2, 0.25) is 0 Å². The molecule has 0 rings (SSSR count). The second kappa shape index (κ2) is 58.4. The minimum Gasteiger partial charge on any atom is -0.466 e. The van der Waals surface area contributed by atoms with Gasteiger partial charge in [0, 0.05) is 12.8 Å². The summed E-state index contributed by atoms with van der Waals surface area (Å²) in [6, 6.07) is -0.558. The Labute approximate surface area is 426 Å². The highest BCUT2D eigenvalue weighted by atomic mass is 16.5. The van der Waals surface area contributed by atoms with Gasteiger partial charge in [-0.25, -0.2) is 0 Å². The number of ether oxygens (including phenoxy) is 1. The lowest BCUT2D eigenvalue weighted by atomic mass is 10.0. The highest BCUT2D eigenvalue weighted by Gasteiger charge is 2.20. The first-order valence-corrected chi connectivity index (χ1v) is 31.3. The van der Waals surface area contributed by atoms with E-state index in [1.807, 2.05) is 0 Å². The van der Waals surface area contributed by atoms with Gasteiger partial charge in [-0.3, -0.25) is 9.59 Å². The Morgan fingerprint density at radius 1 is 0.353 bits per heavy atom. The smallest absolute Gasteiger partial charge is 0.305 e. The molecule has 1 amide bonds. The molecular weight excluding hydrogens is 839 g/mol. The molecule has 0 aromatic heterocycles. The van der Waals surface area contributed by atoms with Crippen molar-refractivity contribution < 1.29 is 24.5 Å². The van der Waals surface area contributed by atoms with Gasteiger partial charge in [-0.05, 0) is 25.7 Å². The Bertz CT molecular complexity index is 975. The summed E-state index contributed by atoms with van der Waals surface area (Å²) in [5.41, 5.74) is 0. The molecule has 68 heavy (non-hydrogen) atoms. The lowest BCUT2D eigenvalue weighted by molar-refractivity contribution is -0.143. The largest absolute Gasteiger partial charge is 0.466 e. The lowest BCUT2D eigenvalue weighted by Gasteiger charge is -2.22. The zero-order valence-electron chi connectivity index (χ0n) is 46.4.